The Bertz CT molecular complexity index is 1710. The molecule has 4 nitrogen and oxygen atoms in total. The van der Waals surface area contributed by atoms with Gasteiger partial charge in [0.05, 0.1) is 11.6 Å². The van der Waals surface area contributed by atoms with Crippen molar-refractivity contribution in [2.45, 2.75) is 43.9 Å². The minimum Gasteiger partial charge on any atom is -0.208 e. The van der Waals surface area contributed by atoms with Crippen molar-refractivity contribution >= 4 is 0 Å². The number of hydrogen-bond donors (Lipinski definition) is 0. The van der Waals surface area contributed by atoms with Gasteiger partial charge in [-0.3, -0.25) is 0 Å². The molecule has 0 saturated heterocycles. The fourth-order valence-corrected chi connectivity index (χ4v) is 8.43. The molecule has 0 N–H and O–H groups in total. The highest BCUT2D eigenvalue weighted by molar-refractivity contribution is 5.76. The summed E-state index contributed by atoms with van der Waals surface area (Å²) >= 11 is 0. The molecule has 204 valence electrons. The summed E-state index contributed by atoms with van der Waals surface area (Å²) in [5.74, 6) is 4.56. The fourth-order valence-electron chi connectivity index (χ4n) is 8.43. The molecule has 0 aliphatic heterocycles. The summed E-state index contributed by atoms with van der Waals surface area (Å²) in [4.78, 5) is 14.5. The third kappa shape index (κ3) is 4.41. The Hall–Kier alpha value is -4.62. The van der Waals surface area contributed by atoms with Gasteiger partial charge in [0.1, 0.15) is 0 Å². The van der Waals surface area contributed by atoms with Crippen molar-refractivity contribution in [3.05, 3.63) is 114 Å². The standard InChI is InChI=1S/C38H32N4/c39-24-32-20-31(37-41-35(29-7-3-1-4-8-29)40-36(42-37)30-9-5-2-6-10-30)13-16-34(32)28-11-14-33(15-12-28)38-21-25-17-26(22-38)19-27(18-25)23-38/h1-16,20,25-27H,17-19,21-23H2. The predicted octanol–water partition coefficient (Wildman–Crippen LogP) is 8.88. The van der Waals surface area contributed by atoms with Crippen molar-refractivity contribution in [1.82, 2.24) is 15.0 Å². The van der Waals surface area contributed by atoms with E-state index >= 15 is 0 Å². The van der Waals surface area contributed by atoms with Crippen molar-refractivity contribution < 1.29 is 0 Å². The number of benzene rings is 4. The topological polar surface area (TPSA) is 62.5 Å². The molecule has 9 rings (SSSR count). The van der Waals surface area contributed by atoms with E-state index < -0.39 is 0 Å². The Balaban J connectivity index is 1.15. The molecule has 0 radical (unpaired) electrons. The number of nitrogens with zero attached hydrogens (tertiary/aromatic N) is 4. The normalized spacial score (nSPS) is 23.9. The average Bonchev–Trinajstić information content (AvgIpc) is 3.04. The van der Waals surface area contributed by atoms with Gasteiger partial charge in [0.15, 0.2) is 17.5 Å². The number of aromatic nitrogens is 3. The van der Waals surface area contributed by atoms with Gasteiger partial charge in [-0.05, 0) is 84.5 Å². The van der Waals surface area contributed by atoms with Gasteiger partial charge in [-0.2, -0.15) is 5.26 Å². The van der Waals surface area contributed by atoms with Gasteiger partial charge in [-0.15, -0.1) is 0 Å². The van der Waals surface area contributed by atoms with Crippen LogP contribution in [-0.2, 0) is 5.41 Å². The third-order valence-electron chi connectivity index (χ3n) is 9.94. The quantitative estimate of drug-likeness (QED) is 0.222. The first-order valence-corrected chi connectivity index (χ1v) is 15.2. The summed E-state index contributed by atoms with van der Waals surface area (Å²) in [5, 5.41) is 10.2. The minimum atomic E-state index is 0.376. The summed E-state index contributed by atoms with van der Waals surface area (Å²) in [5.41, 5.74) is 7.18. The van der Waals surface area contributed by atoms with Crippen LogP contribution >= 0.6 is 0 Å². The number of hydrogen-bond acceptors (Lipinski definition) is 4. The van der Waals surface area contributed by atoms with Crippen LogP contribution in [0.2, 0.25) is 0 Å². The molecule has 5 aromatic rings. The van der Waals surface area contributed by atoms with Crippen LogP contribution in [0.5, 0.6) is 0 Å². The summed E-state index contributed by atoms with van der Waals surface area (Å²) in [7, 11) is 0. The van der Waals surface area contributed by atoms with E-state index in [4.69, 9.17) is 15.0 Å². The third-order valence-corrected chi connectivity index (χ3v) is 9.94. The molecule has 4 bridgehead atoms. The highest BCUT2D eigenvalue weighted by atomic mass is 15.0. The molecule has 0 amide bonds. The molecule has 1 aromatic heterocycles. The zero-order valence-electron chi connectivity index (χ0n) is 23.6. The Morgan fingerprint density at radius 3 is 1.52 bits per heavy atom. The molecule has 4 fully saturated rings. The first-order chi connectivity index (χ1) is 20.7. The van der Waals surface area contributed by atoms with Gasteiger partial charge < -0.3 is 0 Å². The Labute approximate surface area is 247 Å². The van der Waals surface area contributed by atoms with E-state index in [-0.39, 0.29) is 0 Å². The molecular formula is C38H32N4. The lowest BCUT2D eigenvalue weighted by atomic mass is 9.48. The molecule has 4 saturated carbocycles. The van der Waals surface area contributed by atoms with Crippen LogP contribution in [0.15, 0.2) is 103 Å². The van der Waals surface area contributed by atoms with Gasteiger partial charge in [0, 0.05) is 16.7 Å². The lowest BCUT2D eigenvalue weighted by molar-refractivity contribution is -0.00518. The fraction of sp³-hybridized carbons (Fsp3) is 0.263. The first-order valence-electron chi connectivity index (χ1n) is 15.2. The molecule has 4 aromatic carbocycles. The molecule has 0 unspecified atom stereocenters. The SMILES string of the molecule is N#Cc1cc(-c2nc(-c3ccccc3)nc(-c3ccccc3)n2)ccc1-c1ccc(C23CC4CC(CC(C4)C2)C3)cc1. The van der Waals surface area contributed by atoms with Crippen LogP contribution in [0.3, 0.4) is 0 Å². The van der Waals surface area contributed by atoms with Crippen molar-refractivity contribution in [3.8, 4) is 51.4 Å². The molecule has 0 atom stereocenters. The lowest BCUT2D eigenvalue weighted by Crippen LogP contribution is -2.48. The molecule has 4 aliphatic rings. The van der Waals surface area contributed by atoms with Crippen LogP contribution in [0.4, 0.5) is 0 Å². The van der Waals surface area contributed by atoms with E-state index in [1.165, 1.54) is 44.1 Å². The highest BCUT2D eigenvalue weighted by Crippen LogP contribution is 2.60. The zero-order chi connectivity index (χ0) is 28.1. The van der Waals surface area contributed by atoms with Crippen LogP contribution < -0.4 is 0 Å². The van der Waals surface area contributed by atoms with E-state index in [9.17, 15) is 5.26 Å². The van der Waals surface area contributed by atoms with E-state index in [1.54, 1.807) is 0 Å². The largest absolute Gasteiger partial charge is 0.208 e. The van der Waals surface area contributed by atoms with Crippen molar-refractivity contribution in [3.63, 3.8) is 0 Å². The zero-order valence-corrected chi connectivity index (χ0v) is 23.6. The summed E-state index contributed by atoms with van der Waals surface area (Å²) in [6.45, 7) is 0. The maximum atomic E-state index is 10.2. The van der Waals surface area contributed by atoms with Crippen LogP contribution in [0.1, 0.15) is 49.7 Å². The van der Waals surface area contributed by atoms with E-state index in [2.05, 4.69) is 30.3 Å². The predicted molar refractivity (Wildman–Crippen MR) is 166 cm³/mol. The molecular weight excluding hydrogens is 512 g/mol. The maximum Gasteiger partial charge on any atom is 0.164 e. The second-order valence-electron chi connectivity index (χ2n) is 12.7. The van der Waals surface area contributed by atoms with Gasteiger partial charge in [0.2, 0.25) is 0 Å². The summed E-state index contributed by atoms with van der Waals surface area (Å²) < 4.78 is 0. The molecule has 4 heteroatoms. The smallest absolute Gasteiger partial charge is 0.164 e. The molecule has 4 aliphatic carbocycles. The molecule has 1 heterocycles. The Morgan fingerprint density at radius 2 is 1.02 bits per heavy atom. The number of rotatable bonds is 5. The van der Waals surface area contributed by atoms with E-state index in [0.717, 1.165) is 45.6 Å². The van der Waals surface area contributed by atoms with Crippen molar-refractivity contribution in [2.75, 3.05) is 0 Å². The van der Waals surface area contributed by atoms with Gasteiger partial charge in [0.25, 0.3) is 0 Å². The Morgan fingerprint density at radius 1 is 0.548 bits per heavy atom. The van der Waals surface area contributed by atoms with Gasteiger partial charge in [-0.25, -0.2) is 15.0 Å². The van der Waals surface area contributed by atoms with Gasteiger partial charge in [-0.1, -0.05) is 97.1 Å². The minimum absolute atomic E-state index is 0.376. The maximum absolute atomic E-state index is 10.2. The first kappa shape index (κ1) is 25.1. The monoisotopic (exact) mass is 544 g/mol. The molecule has 42 heavy (non-hydrogen) atoms. The van der Waals surface area contributed by atoms with Crippen LogP contribution in [0.25, 0.3) is 45.3 Å². The van der Waals surface area contributed by atoms with Gasteiger partial charge >= 0.3 is 0 Å². The van der Waals surface area contributed by atoms with E-state index in [0.29, 0.717) is 28.5 Å². The van der Waals surface area contributed by atoms with Crippen molar-refractivity contribution in [1.29, 1.82) is 5.26 Å². The summed E-state index contributed by atoms with van der Waals surface area (Å²) in [6.07, 6.45) is 8.44. The summed E-state index contributed by atoms with van der Waals surface area (Å²) in [6, 6.07) is 37.5. The highest BCUT2D eigenvalue weighted by Gasteiger charge is 2.51. The second kappa shape index (κ2) is 10.0. The van der Waals surface area contributed by atoms with Crippen LogP contribution in [-0.4, -0.2) is 15.0 Å². The second-order valence-corrected chi connectivity index (χ2v) is 12.7. The van der Waals surface area contributed by atoms with E-state index in [1.807, 2.05) is 78.9 Å². The lowest BCUT2D eigenvalue weighted by Gasteiger charge is -2.57. The van der Waals surface area contributed by atoms with Crippen LogP contribution in [0, 0.1) is 29.1 Å². The number of nitriles is 1. The molecule has 0 spiro atoms. The van der Waals surface area contributed by atoms with Crippen molar-refractivity contribution in [2.24, 2.45) is 17.8 Å². The average molecular weight is 545 g/mol. The Kier molecular flexibility index (Phi) is 6.00.